The lowest BCUT2D eigenvalue weighted by Crippen LogP contribution is -2.43. The zero-order valence-electron chi connectivity index (χ0n) is 15.5. The Kier molecular flexibility index (Phi) is 6.87. The number of benzene rings is 1. The Morgan fingerprint density at radius 2 is 1.85 bits per heavy atom. The Balaban J connectivity index is 2.09. The third-order valence-corrected chi connectivity index (χ3v) is 4.96. The van der Waals surface area contributed by atoms with Gasteiger partial charge >= 0.3 is 5.97 Å². The van der Waals surface area contributed by atoms with Gasteiger partial charge in [0.15, 0.2) is 0 Å². The lowest BCUT2D eigenvalue weighted by atomic mass is 9.98. The average Bonchev–Trinajstić information content (AvgIpc) is 2.84. The van der Waals surface area contributed by atoms with E-state index < -0.39 is 23.5 Å². The molecule has 27 heavy (non-hydrogen) atoms. The van der Waals surface area contributed by atoms with Crippen LogP contribution in [0.2, 0.25) is 0 Å². The molecule has 1 aromatic rings. The molecule has 6 nitrogen and oxygen atoms in total. The fourth-order valence-electron chi connectivity index (χ4n) is 3.58. The first-order valence-corrected chi connectivity index (χ1v) is 8.94. The molecule has 2 atom stereocenters. The molecular formula is C19H24F2N2O4. The molecule has 0 saturated carbocycles. The monoisotopic (exact) mass is 382 g/mol. The maximum absolute atomic E-state index is 14.0. The fourth-order valence-corrected chi connectivity index (χ4v) is 3.58. The molecule has 2 rings (SSSR count). The van der Waals surface area contributed by atoms with E-state index in [0.29, 0.717) is 32.4 Å². The smallest absolute Gasteiger partial charge is 0.323 e. The van der Waals surface area contributed by atoms with Gasteiger partial charge in [0, 0.05) is 31.6 Å². The largest absolute Gasteiger partial charge is 0.480 e. The minimum atomic E-state index is -1.09. The Morgan fingerprint density at radius 3 is 2.41 bits per heavy atom. The van der Waals surface area contributed by atoms with Crippen molar-refractivity contribution in [3.63, 3.8) is 0 Å². The van der Waals surface area contributed by atoms with E-state index in [1.807, 2.05) is 0 Å². The summed E-state index contributed by atoms with van der Waals surface area (Å²) < 4.78 is 28.0. The predicted octanol–water partition coefficient (Wildman–Crippen LogP) is 2.38. The van der Waals surface area contributed by atoms with Crippen molar-refractivity contribution >= 4 is 17.8 Å². The maximum atomic E-state index is 14.0. The molecule has 0 radical (unpaired) electrons. The summed E-state index contributed by atoms with van der Waals surface area (Å²) >= 11 is 0. The Hall–Kier alpha value is -2.51. The molecule has 148 valence electrons. The summed E-state index contributed by atoms with van der Waals surface area (Å²) in [7, 11) is 0. The Bertz CT molecular complexity index is 705. The van der Waals surface area contributed by atoms with Crippen LogP contribution in [0.4, 0.5) is 8.78 Å². The van der Waals surface area contributed by atoms with Gasteiger partial charge in [0.2, 0.25) is 11.8 Å². The van der Waals surface area contributed by atoms with E-state index in [4.69, 9.17) is 5.11 Å². The van der Waals surface area contributed by atoms with Crippen molar-refractivity contribution in [3.05, 3.63) is 35.4 Å². The van der Waals surface area contributed by atoms with Crippen molar-refractivity contribution in [2.45, 2.75) is 45.1 Å². The fraction of sp³-hybridized carbons (Fsp3) is 0.526. The van der Waals surface area contributed by atoms with Gasteiger partial charge in [-0.3, -0.25) is 14.4 Å². The lowest BCUT2D eigenvalue weighted by molar-refractivity contribution is -0.145. The highest BCUT2D eigenvalue weighted by atomic mass is 19.1. The van der Waals surface area contributed by atoms with Crippen LogP contribution in [0, 0.1) is 11.6 Å². The minimum absolute atomic E-state index is 0.250. The van der Waals surface area contributed by atoms with Crippen molar-refractivity contribution in [2.75, 3.05) is 19.6 Å². The summed E-state index contributed by atoms with van der Waals surface area (Å²) in [6.45, 7) is 3.10. The number of rotatable bonds is 5. The van der Waals surface area contributed by atoms with E-state index in [1.54, 1.807) is 0 Å². The molecule has 1 N–H and O–H groups in total. The van der Waals surface area contributed by atoms with E-state index >= 15 is 0 Å². The van der Waals surface area contributed by atoms with Gasteiger partial charge in [-0.05, 0) is 38.3 Å². The number of carbonyl (C=O) groups excluding carboxylic acids is 2. The number of hydrogen-bond donors (Lipinski definition) is 1. The molecule has 1 aliphatic rings. The third kappa shape index (κ3) is 5.02. The molecule has 0 bridgehead atoms. The van der Waals surface area contributed by atoms with Crippen molar-refractivity contribution < 1.29 is 28.3 Å². The summed E-state index contributed by atoms with van der Waals surface area (Å²) in [5.74, 6) is -4.28. The number of nitrogens with zero attached hydrogens (tertiary/aromatic N) is 2. The predicted molar refractivity (Wildman–Crippen MR) is 94.0 cm³/mol. The highest BCUT2D eigenvalue weighted by Crippen LogP contribution is 2.26. The standard InChI is InChI=1S/C19H24F2N2O4/c1-12(18-15(20)6-3-7-16(18)21)19(27)22-9-4-5-14(8-10-22)23(13(2)24)11-17(25)26/h3,6-7,12,14H,4-5,8-11H2,1-2H3,(H,25,26). The van der Waals surface area contributed by atoms with Crippen molar-refractivity contribution in [1.82, 2.24) is 9.80 Å². The van der Waals surface area contributed by atoms with Crippen LogP contribution in [0.1, 0.15) is 44.6 Å². The van der Waals surface area contributed by atoms with Crippen molar-refractivity contribution in [3.8, 4) is 0 Å². The van der Waals surface area contributed by atoms with Gasteiger partial charge < -0.3 is 14.9 Å². The molecule has 1 fully saturated rings. The van der Waals surface area contributed by atoms with Crippen LogP contribution >= 0.6 is 0 Å². The number of carbonyl (C=O) groups is 3. The molecule has 2 amide bonds. The number of hydrogen-bond acceptors (Lipinski definition) is 3. The zero-order valence-corrected chi connectivity index (χ0v) is 15.5. The number of carboxylic acids is 1. The third-order valence-electron chi connectivity index (χ3n) is 4.96. The van der Waals surface area contributed by atoms with Crippen LogP contribution in [0.15, 0.2) is 18.2 Å². The minimum Gasteiger partial charge on any atom is -0.480 e. The Morgan fingerprint density at radius 1 is 1.22 bits per heavy atom. The molecule has 8 heteroatoms. The number of likely N-dealkylation sites (tertiary alicyclic amines) is 1. The van der Waals surface area contributed by atoms with Crippen LogP contribution in [0.3, 0.4) is 0 Å². The molecule has 0 spiro atoms. The summed E-state index contributed by atoms with van der Waals surface area (Å²) in [5, 5.41) is 9.00. The average molecular weight is 382 g/mol. The van der Waals surface area contributed by atoms with E-state index in [9.17, 15) is 23.2 Å². The first-order chi connectivity index (χ1) is 12.7. The number of carboxylic acid groups (broad SMARTS) is 1. The normalized spacial score (nSPS) is 18.5. The second-order valence-electron chi connectivity index (χ2n) is 6.81. The van der Waals surface area contributed by atoms with Gasteiger partial charge in [-0.15, -0.1) is 0 Å². The second-order valence-corrected chi connectivity index (χ2v) is 6.81. The molecule has 1 heterocycles. The summed E-state index contributed by atoms with van der Waals surface area (Å²) in [4.78, 5) is 38.4. The zero-order chi connectivity index (χ0) is 20.1. The van der Waals surface area contributed by atoms with E-state index in [1.165, 1.54) is 29.7 Å². The van der Waals surface area contributed by atoms with Crippen LogP contribution in [-0.2, 0) is 14.4 Å². The lowest BCUT2D eigenvalue weighted by Gasteiger charge is -2.29. The van der Waals surface area contributed by atoms with E-state index in [0.717, 1.165) is 12.1 Å². The first kappa shape index (κ1) is 20.8. The molecule has 1 aromatic carbocycles. The quantitative estimate of drug-likeness (QED) is 0.848. The summed E-state index contributed by atoms with van der Waals surface area (Å²) in [6.07, 6.45) is 1.57. The van der Waals surface area contributed by atoms with Crippen molar-refractivity contribution in [2.24, 2.45) is 0 Å². The van der Waals surface area contributed by atoms with Crippen LogP contribution in [0.5, 0.6) is 0 Å². The molecular weight excluding hydrogens is 358 g/mol. The van der Waals surface area contributed by atoms with Gasteiger partial charge in [-0.1, -0.05) is 6.07 Å². The molecule has 1 aliphatic heterocycles. The highest BCUT2D eigenvalue weighted by molar-refractivity contribution is 5.83. The number of halogens is 2. The molecule has 1 saturated heterocycles. The van der Waals surface area contributed by atoms with Crippen LogP contribution in [-0.4, -0.2) is 58.4 Å². The highest BCUT2D eigenvalue weighted by Gasteiger charge is 2.31. The molecule has 2 unspecified atom stereocenters. The van der Waals surface area contributed by atoms with Gasteiger partial charge in [-0.2, -0.15) is 0 Å². The topological polar surface area (TPSA) is 77.9 Å². The number of aliphatic carboxylic acids is 1. The summed E-state index contributed by atoms with van der Waals surface area (Å²) in [6, 6.07) is 3.21. The Labute approximate surface area is 156 Å². The first-order valence-electron chi connectivity index (χ1n) is 8.94. The maximum Gasteiger partial charge on any atom is 0.323 e. The van der Waals surface area contributed by atoms with Crippen molar-refractivity contribution in [1.29, 1.82) is 0 Å². The van der Waals surface area contributed by atoms with E-state index in [2.05, 4.69) is 0 Å². The van der Waals surface area contributed by atoms with Gasteiger partial charge in [0.25, 0.3) is 0 Å². The van der Waals surface area contributed by atoms with Crippen LogP contribution < -0.4 is 0 Å². The SMILES string of the molecule is CC(=O)N(CC(=O)O)C1CCCN(C(=O)C(C)c2c(F)cccc2F)CC1. The van der Waals surface area contributed by atoms with Gasteiger partial charge in [0.05, 0.1) is 5.92 Å². The molecule has 0 aromatic heterocycles. The number of amides is 2. The van der Waals surface area contributed by atoms with Gasteiger partial charge in [0.1, 0.15) is 18.2 Å². The molecule has 0 aliphatic carbocycles. The second kappa shape index (κ2) is 8.92. The van der Waals surface area contributed by atoms with Crippen LogP contribution in [0.25, 0.3) is 0 Å². The summed E-state index contributed by atoms with van der Waals surface area (Å²) in [5.41, 5.74) is -0.250. The van der Waals surface area contributed by atoms with Gasteiger partial charge in [-0.25, -0.2) is 8.78 Å². The van der Waals surface area contributed by atoms with E-state index in [-0.39, 0.29) is 30.0 Å².